The van der Waals surface area contributed by atoms with Crippen LogP contribution in [0.5, 0.6) is 0 Å². The molecule has 1 unspecified atom stereocenters. The van der Waals surface area contributed by atoms with Gasteiger partial charge in [0.15, 0.2) is 6.10 Å². The summed E-state index contributed by atoms with van der Waals surface area (Å²) in [6.45, 7) is 7.52. The van der Waals surface area contributed by atoms with Crippen molar-refractivity contribution in [2.75, 3.05) is 19.8 Å². The number of ether oxygens (including phenoxy) is 3. The zero-order valence-corrected chi connectivity index (χ0v) is 43.4. The van der Waals surface area contributed by atoms with Crippen LogP contribution in [0.1, 0.15) is 252 Å². The smallest absolute Gasteiger partial charge is 0.306 e. The Morgan fingerprint density at radius 1 is 0.348 bits per heavy atom. The van der Waals surface area contributed by atoms with Crippen LogP contribution in [0.4, 0.5) is 0 Å². The largest absolute Gasteiger partial charge is 0.462 e. The fourth-order valence-corrected chi connectivity index (χ4v) is 7.51. The zero-order valence-electron chi connectivity index (χ0n) is 43.4. The minimum atomic E-state index is -0.568. The molecule has 0 aromatic rings. The molecule has 1 atom stereocenters. The lowest BCUT2D eigenvalue weighted by molar-refractivity contribution is -0.163. The minimum Gasteiger partial charge on any atom is -0.462 e. The first-order valence-corrected chi connectivity index (χ1v) is 27.8. The summed E-state index contributed by atoms with van der Waals surface area (Å²) in [7, 11) is 0. The molecule has 0 aliphatic carbocycles. The molecule has 5 heteroatoms. The van der Waals surface area contributed by atoms with Gasteiger partial charge in [0.2, 0.25) is 0 Å². The molecule has 0 spiro atoms. The number of unbranched alkanes of at least 4 members (excludes halogenated alkanes) is 23. The molecule has 0 N–H and O–H groups in total. The Balaban J connectivity index is 4.34. The van der Waals surface area contributed by atoms with E-state index >= 15 is 0 Å². The molecule has 0 aliphatic rings. The van der Waals surface area contributed by atoms with Gasteiger partial charge >= 0.3 is 11.9 Å². The molecule has 0 aromatic heterocycles. The molecule has 0 aromatic carbocycles. The lowest BCUT2D eigenvalue weighted by Gasteiger charge is -2.18. The number of rotatable bonds is 50. The van der Waals surface area contributed by atoms with Gasteiger partial charge in [0.1, 0.15) is 6.61 Å². The standard InChI is InChI=1S/C61H104O5/c1-4-7-10-13-16-19-22-25-28-30-31-32-34-36-39-42-45-48-51-54-60(62)65-58-59(57-64-56-53-50-47-44-41-38-35-29-26-23-20-17-14-11-8-5-2)66-61(63)55-52-49-46-43-40-37-33-27-24-21-18-15-12-9-6-3/h8-9,11-12,17-18,20-21,25-29,33,38,41,59H,4-7,10,13-16,19,22-24,30-32,34-37,39-40,42-58H2,1-3H3/b11-8-,12-9-,20-17-,21-18-,28-25-,29-26-,33-27-,41-38-. The second-order valence-electron chi connectivity index (χ2n) is 18.1. The van der Waals surface area contributed by atoms with Crippen molar-refractivity contribution < 1.29 is 23.8 Å². The van der Waals surface area contributed by atoms with Gasteiger partial charge in [-0.15, -0.1) is 0 Å². The van der Waals surface area contributed by atoms with Crippen LogP contribution in [0.3, 0.4) is 0 Å². The van der Waals surface area contributed by atoms with E-state index < -0.39 is 6.10 Å². The number of carbonyl (C=O) groups excluding carboxylic acids is 2. The van der Waals surface area contributed by atoms with Gasteiger partial charge in [-0.3, -0.25) is 9.59 Å². The summed E-state index contributed by atoms with van der Waals surface area (Å²) in [6, 6.07) is 0. The van der Waals surface area contributed by atoms with Crippen molar-refractivity contribution in [2.45, 2.75) is 258 Å². The quantitative estimate of drug-likeness (QED) is 0.0346. The summed E-state index contributed by atoms with van der Waals surface area (Å²) >= 11 is 0. The van der Waals surface area contributed by atoms with E-state index in [1.54, 1.807) is 0 Å². The van der Waals surface area contributed by atoms with Crippen LogP contribution in [0.25, 0.3) is 0 Å². The van der Waals surface area contributed by atoms with Gasteiger partial charge in [-0.05, 0) is 116 Å². The fourth-order valence-electron chi connectivity index (χ4n) is 7.51. The molecule has 0 bridgehead atoms. The first kappa shape index (κ1) is 62.8. The van der Waals surface area contributed by atoms with Gasteiger partial charge < -0.3 is 14.2 Å². The molecule has 0 saturated carbocycles. The molecule has 0 heterocycles. The Hall–Kier alpha value is -3.18. The zero-order chi connectivity index (χ0) is 47.7. The van der Waals surface area contributed by atoms with E-state index in [-0.39, 0.29) is 25.2 Å². The predicted molar refractivity (Wildman–Crippen MR) is 288 cm³/mol. The van der Waals surface area contributed by atoms with E-state index in [4.69, 9.17) is 14.2 Å². The molecule has 0 fully saturated rings. The third-order valence-corrected chi connectivity index (χ3v) is 11.6. The van der Waals surface area contributed by atoms with Gasteiger partial charge in [0, 0.05) is 19.4 Å². The Labute approximate surface area is 409 Å². The number of hydrogen-bond donors (Lipinski definition) is 0. The summed E-state index contributed by atoms with van der Waals surface area (Å²) in [5.74, 6) is -0.437. The van der Waals surface area contributed by atoms with E-state index in [0.29, 0.717) is 19.4 Å². The summed E-state index contributed by atoms with van der Waals surface area (Å²) in [6.07, 6.45) is 75.7. The second-order valence-corrected chi connectivity index (χ2v) is 18.1. The van der Waals surface area contributed by atoms with Gasteiger partial charge in [-0.1, -0.05) is 221 Å². The van der Waals surface area contributed by atoms with Crippen LogP contribution in [-0.4, -0.2) is 37.9 Å². The van der Waals surface area contributed by atoms with Crippen molar-refractivity contribution in [1.82, 2.24) is 0 Å². The van der Waals surface area contributed by atoms with Crippen molar-refractivity contribution in [2.24, 2.45) is 0 Å². The third-order valence-electron chi connectivity index (χ3n) is 11.6. The Bertz CT molecular complexity index is 1270. The summed E-state index contributed by atoms with van der Waals surface area (Å²) in [4.78, 5) is 25.5. The maximum atomic E-state index is 12.8. The molecule has 0 radical (unpaired) electrons. The van der Waals surface area contributed by atoms with Crippen LogP contribution in [0.15, 0.2) is 97.2 Å². The molecule has 0 aliphatic heterocycles. The second kappa shape index (κ2) is 56.1. The first-order valence-electron chi connectivity index (χ1n) is 27.8. The van der Waals surface area contributed by atoms with Crippen LogP contribution >= 0.6 is 0 Å². The minimum absolute atomic E-state index is 0.0601. The molecular formula is C61H104O5. The van der Waals surface area contributed by atoms with Crippen LogP contribution in [0, 0.1) is 0 Å². The summed E-state index contributed by atoms with van der Waals surface area (Å²) in [5, 5.41) is 0. The SMILES string of the molecule is CC/C=C\C/C=C\C/C=C\C/C=C\CCCCCOCC(COC(=O)CCCCCCCCCCC/C=C\CCCCCCCC)OC(=O)CCCCCCC/C=C\C/C=C\C/C=C\CC. The van der Waals surface area contributed by atoms with E-state index in [1.807, 2.05) is 0 Å². The van der Waals surface area contributed by atoms with Crippen molar-refractivity contribution in [3.05, 3.63) is 97.2 Å². The van der Waals surface area contributed by atoms with Gasteiger partial charge in [0.25, 0.3) is 0 Å². The van der Waals surface area contributed by atoms with E-state index in [1.165, 1.54) is 109 Å². The van der Waals surface area contributed by atoms with Crippen LogP contribution in [-0.2, 0) is 23.8 Å². The van der Waals surface area contributed by atoms with Crippen molar-refractivity contribution in [1.29, 1.82) is 0 Å². The maximum absolute atomic E-state index is 12.8. The third kappa shape index (κ3) is 53.4. The van der Waals surface area contributed by atoms with Crippen molar-refractivity contribution in [3.63, 3.8) is 0 Å². The lowest BCUT2D eigenvalue weighted by Crippen LogP contribution is -2.30. The highest BCUT2D eigenvalue weighted by molar-refractivity contribution is 5.70. The van der Waals surface area contributed by atoms with Crippen LogP contribution in [0.2, 0.25) is 0 Å². The highest BCUT2D eigenvalue weighted by atomic mass is 16.6. The van der Waals surface area contributed by atoms with E-state index in [2.05, 4.69) is 118 Å². The predicted octanol–water partition coefficient (Wildman–Crippen LogP) is 19.0. The van der Waals surface area contributed by atoms with Crippen molar-refractivity contribution in [3.8, 4) is 0 Å². The van der Waals surface area contributed by atoms with Gasteiger partial charge in [-0.25, -0.2) is 0 Å². The molecule has 0 saturated heterocycles. The Kier molecular flexibility index (Phi) is 53.4. The number of esters is 2. The number of carbonyl (C=O) groups is 2. The molecule has 0 amide bonds. The monoisotopic (exact) mass is 917 g/mol. The molecule has 378 valence electrons. The molecular weight excluding hydrogens is 813 g/mol. The Morgan fingerprint density at radius 2 is 0.682 bits per heavy atom. The van der Waals surface area contributed by atoms with E-state index in [9.17, 15) is 9.59 Å². The topological polar surface area (TPSA) is 61.8 Å². The Morgan fingerprint density at radius 3 is 1.11 bits per heavy atom. The summed E-state index contributed by atoms with van der Waals surface area (Å²) < 4.78 is 17.4. The number of hydrogen-bond acceptors (Lipinski definition) is 5. The molecule has 5 nitrogen and oxygen atoms in total. The average Bonchev–Trinajstić information content (AvgIpc) is 3.32. The highest BCUT2D eigenvalue weighted by Gasteiger charge is 2.17. The fraction of sp³-hybridized carbons (Fsp3) is 0.705. The first-order chi connectivity index (χ1) is 32.6. The molecule has 66 heavy (non-hydrogen) atoms. The average molecular weight is 917 g/mol. The highest BCUT2D eigenvalue weighted by Crippen LogP contribution is 2.14. The van der Waals surface area contributed by atoms with Crippen LogP contribution < -0.4 is 0 Å². The summed E-state index contributed by atoms with van der Waals surface area (Å²) in [5.41, 5.74) is 0. The maximum Gasteiger partial charge on any atom is 0.306 e. The van der Waals surface area contributed by atoms with Gasteiger partial charge in [-0.2, -0.15) is 0 Å². The molecule has 0 rings (SSSR count). The normalized spacial score (nSPS) is 13.0. The van der Waals surface area contributed by atoms with E-state index in [0.717, 1.165) is 109 Å². The van der Waals surface area contributed by atoms with Gasteiger partial charge in [0.05, 0.1) is 6.61 Å². The van der Waals surface area contributed by atoms with Crippen molar-refractivity contribution >= 4 is 11.9 Å². The lowest BCUT2D eigenvalue weighted by atomic mass is 10.1. The number of allylic oxidation sites excluding steroid dienone is 16.